The van der Waals surface area contributed by atoms with Crippen LogP contribution >= 0.6 is 0 Å². The van der Waals surface area contributed by atoms with Crippen LogP contribution in [0.4, 0.5) is 16.2 Å². The van der Waals surface area contributed by atoms with E-state index in [-0.39, 0.29) is 23.8 Å². The van der Waals surface area contributed by atoms with E-state index in [0.717, 1.165) is 12.8 Å². The number of amides is 3. The van der Waals surface area contributed by atoms with Crippen molar-refractivity contribution >= 4 is 23.3 Å². The molecule has 2 aromatic rings. The summed E-state index contributed by atoms with van der Waals surface area (Å²) in [5, 5.41) is 5.79. The molecular weight excluding hydrogens is 358 g/mol. The van der Waals surface area contributed by atoms with E-state index in [2.05, 4.69) is 20.6 Å². The Labute approximate surface area is 163 Å². The molecule has 0 radical (unpaired) electrons. The topological polar surface area (TPSA) is 96.5 Å². The number of nitrogens with one attached hydrogen (secondary N) is 2. The van der Waals surface area contributed by atoms with Crippen LogP contribution < -0.4 is 15.4 Å². The van der Waals surface area contributed by atoms with E-state index in [1.165, 1.54) is 0 Å². The highest BCUT2D eigenvalue weighted by molar-refractivity contribution is 5.92. The third kappa shape index (κ3) is 4.21. The zero-order chi connectivity index (χ0) is 19.3. The highest BCUT2D eigenvalue weighted by Gasteiger charge is 2.33. The number of carbonyl (C=O) groups is 2. The molecule has 4 rings (SSSR count). The zero-order valence-corrected chi connectivity index (χ0v) is 15.5. The summed E-state index contributed by atoms with van der Waals surface area (Å²) in [5.41, 5.74) is 1.28. The Hall–Kier alpha value is -3.16. The molecule has 2 N–H and O–H groups in total. The van der Waals surface area contributed by atoms with Crippen LogP contribution in [0.3, 0.4) is 0 Å². The molecule has 146 valence electrons. The summed E-state index contributed by atoms with van der Waals surface area (Å²) in [7, 11) is 0. The number of nitrogens with zero attached hydrogens (tertiary/aromatic N) is 3. The molecule has 8 heteroatoms. The van der Waals surface area contributed by atoms with Crippen molar-refractivity contribution in [1.82, 2.24) is 14.9 Å². The first-order valence-electron chi connectivity index (χ1n) is 9.52. The molecule has 2 aliphatic heterocycles. The van der Waals surface area contributed by atoms with Crippen molar-refractivity contribution in [1.29, 1.82) is 0 Å². The minimum atomic E-state index is -0.138. The van der Waals surface area contributed by atoms with Crippen LogP contribution in [-0.4, -0.2) is 46.5 Å². The molecule has 0 saturated carbocycles. The van der Waals surface area contributed by atoms with E-state index in [0.29, 0.717) is 43.4 Å². The standard InChI is InChI=1S/C20H23N5O3/c26-18-11-14-5-9-25(20(27)23-16-3-1-7-21-12-16)13-15(14)6-10-28-19-17(24-18)4-2-8-22-19/h1-4,7-8,12,14-15H,5-6,9-11,13H2,(H,23,27)(H,24,26)/t14-,15-/m0/s1. The minimum Gasteiger partial charge on any atom is -0.476 e. The first kappa shape index (κ1) is 18.2. The molecule has 1 saturated heterocycles. The number of carbonyl (C=O) groups excluding carboxylic acids is 2. The number of hydrogen-bond donors (Lipinski definition) is 2. The van der Waals surface area contributed by atoms with Crippen LogP contribution in [0.2, 0.25) is 0 Å². The summed E-state index contributed by atoms with van der Waals surface area (Å²) in [4.78, 5) is 35.1. The molecule has 0 unspecified atom stereocenters. The Morgan fingerprint density at radius 3 is 2.96 bits per heavy atom. The molecule has 28 heavy (non-hydrogen) atoms. The van der Waals surface area contributed by atoms with Crippen molar-refractivity contribution < 1.29 is 14.3 Å². The van der Waals surface area contributed by atoms with E-state index < -0.39 is 0 Å². The molecule has 0 spiro atoms. The molecule has 0 bridgehead atoms. The summed E-state index contributed by atoms with van der Waals surface area (Å²) in [6.07, 6.45) is 6.93. The van der Waals surface area contributed by atoms with Gasteiger partial charge in [0.1, 0.15) is 5.69 Å². The molecule has 1 fully saturated rings. The second kappa shape index (κ2) is 8.24. The largest absolute Gasteiger partial charge is 0.476 e. The van der Waals surface area contributed by atoms with Gasteiger partial charge in [0.15, 0.2) is 0 Å². The van der Waals surface area contributed by atoms with Gasteiger partial charge in [-0.15, -0.1) is 0 Å². The Morgan fingerprint density at radius 1 is 1.21 bits per heavy atom. The lowest BCUT2D eigenvalue weighted by Gasteiger charge is -2.38. The molecule has 4 heterocycles. The lowest BCUT2D eigenvalue weighted by molar-refractivity contribution is -0.118. The van der Waals surface area contributed by atoms with E-state index in [4.69, 9.17) is 4.74 Å². The number of anilines is 2. The number of aromatic nitrogens is 2. The zero-order valence-electron chi connectivity index (χ0n) is 15.5. The van der Waals surface area contributed by atoms with Crippen molar-refractivity contribution in [2.24, 2.45) is 11.8 Å². The summed E-state index contributed by atoms with van der Waals surface area (Å²) in [6, 6.07) is 7.02. The van der Waals surface area contributed by atoms with Crippen LogP contribution in [0.5, 0.6) is 5.88 Å². The average Bonchev–Trinajstić information content (AvgIpc) is 2.71. The van der Waals surface area contributed by atoms with Gasteiger partial charge in [0.25, 0.3) is 0 Å². The number of hydrogen-bond acceptors (Lipinski definition) is 5. The van der Waals surface area contributed by atoms with E-state index in [1.54, 1.807) is 36.8 Å². The quantitative estimate of drug-likeness (QED) is 0.792. The van der Waals surface area contributed by atoms with Gasteiger partial charge in [-0.1, -0.05) is 0 Å². The number of fused-ring (bicyclic) bond motifs is 2. The fourth-order valence-electron chi connectivity index (χ4n) is 3.85. The SMILES string of the molecule is O=C1C[C@@H]2CCN(C(=O)Nc3cccnc3)C[C@@H]2CCOc2ncccc2N1. The number of ether oxygens (including phenoxy) is 1. The number of likely N-dealkylation sites (tertiary alicyclic amines) is 1. The lowest BCUT2D eigenvalue weighted by Crippen LogP contribution is -2.46. The Bertz CT molecular complexity index is 845. The van der Waals surface area contributed by atoms with Crippen LogP contribution in [0.15, 0.2) is 42.9 Å². The minimum absolute atomic E-state index is 0.0389. The number of rotatable bonds is 1. The first-order valence-corrected chi connectivity index (χ1v) is 9.52. The number of piperidine rings is 1. The fraction of sp³-hybridized carbons (Fsp3) is 0.400. The normalized spacial score (nSPS) is 22.1. The van der Waals surface area contributed by atoms with Crippen molar-refractivity contribution in [3.63, 3.8) is 0 Å². The molecule has 2 aromatic heterocycles. The van der Waals surface area contributed by atoms with Gasteiger partial charge in [-0.05, 0) is 48.9 Å². The molecule has 2 aliphatic rings. The summed E-state index contributed by atoms with van der Waals surface area (Å²) >= 11 is 0. The second-order valence-corrected chi connectivity index (χ2v) is 7.17. The molecule has 3 amide bonds. The molecule has 0 aromatic carbocycles. The second-order valence-electron chi connectivity index (χ2n) is 7.17. The van der Waals surface area contributed by atoms with Crippen LogP contribution in [-0.2, 0) is 4.79 Å². The van der Waals surface area contributed by atoms with Crippen LogP contribution in [0.25, 0.3) is 0 Å². The lowest BCUT2D eigenvalue weighted by atomic mass is 9.81. The van der Waals surface area contributed by atoms with Gasteiger partial charge in [-0.2, -0.15) is 0 Å². The highest BCUT2D eigenvalue weighted by Crippen LogP contribution is 2.32. The van der Waals surface area contributed by atoms with Gasteiger partial charge in [-0.3, -0.25) is 9.78 Å². The Balaban J connectivity index is 1.43. The first-order chi connectivity index (χ1) is 13.7. The summed E-state index contributed by atoms with van der Waals surface area (Å²) < 4.78 is 5.80. The third-order valence-electron chi connectivity index (χ3n) is 5.31. The fourth-order valence-corrected chi connectivity index (χ4v) is 3.85. The number of urea groups is 1. The predicted octanol–water partition coefficient (Wildman–Crippen LogP) is 2.76. The van der Waals surface area contributed by atoms with Crippen molar-refractivity contribution in [2.75, 3.05) is 30.3 Å². The van der Waals surface area contributed by atoms with Gasteiger partial charge >= 0.3 is 6.03 Å². The highest BCUT2D eigenvalue weighted by atomic mass is 16.5. The smallest absolute Gasteiger partial charge is 0.321 e. The van der Waals surface area contributed by atoms with Crippen LogP contribution in [0.1, 0.15) is 19.3 Å². The molecule has 8 nitrogen and oxygen atoms in total. The van der Waals surface area contributed by atoms with E-state index in [9.17, 15) is 9.59 Å². The third-order valence-corrected chi connectivity index (χ3v) is 5.31. The summed E-state index contributed by atoms with van der Waals surface area (Å²) in [6.45, 7) is 1.72. The van der Waals surface area contributed by atoms with Gasteiger partial charge in [0.2, 0.25) is 11.8 Å². The van der Waals surface area contributed by atoms with Crippen LogP contribution in [0, 0.1) is 11.8 Å². The molecule has 0 aliphatic carbocycles. The van der Waals surface area contributed by atoms with E-state index in [1.807, 2.05) is 11.0 Å². The predicted molar refractivity (Wildman–Crippen MR) is 104 cm³/mol. The maximum atomic E-state index is 12.6. The molecule has 2 atom stereocenters. The average molecular weight is 381 g/mol. The van der Waals surface area contributed by atoms with Crippen molar-refractivity contribution in [3.8, 4) is 5.88 Å². The number of pyridine rings is 2. The van der Waals surface area contributed by atoms with Gasteiger partial charge < -0.3 is 20.3 Å². The van der Waals surface area contributed by atoms with Crippen molar-refractivity contribution in [2.45, 2.75) is 19.3 Å². The van der Waals surface area contributed by atoms with Gasteiger partial charge in [-0.25, -0.2) is 9.78 Å². The summed E-state index contributed by atoms with van der Waals surface area (Å²) in [5.74, 6) is 0.827. The van der Waals surface area contributed by atoms with Gasteiger partial charge in [0, 0.05) is 31.9 Å². The maximum Gasteiger partial charge on any atom is 0.321 e. The Morgan fingerprint density at radius 2 is 2.11 bits per heavy atom. The maximum absolute atomic E-state index is 12.6. The van der Waals surface area contributed by atoms with E-state index >= 15 is 0 Å². The van der Waals surface area contributed by atoms with Crippen molar-refractivity contribution in [3.05, 3.63) is 42.9 Å². The monoisotopic (exact) mass is 381 g/mol. The molecular formula is C20H23N5O3. The van der Waals surface area contributed by atoms with Gasteiger partial charge in [0.05, 0.1) is 18.5 Å². The Kier molecular flexibility index (Phi) is 5.36.